The van der Waals surface area contributed by atoms with Gasteiger partial charge in [-0.15, -0.1) is 0 Å². The zero-order valence-electron chi connectivity index (χ0n) is 19.9. The van der Waals surface area contributed by atoms with Crippen LogP contribution in [0.3, 0.4) is 0 Å². The molecule has 0 aliphatic carbocycles. The highest BCUT2D eigenvalue weighted by molar-refractivity contribution is 5.86. The highest BCUT2D eigenvalue weighted by Crippen LogP contribution is 2.33. The molecule has 0 unspecified atom stereocenters. The summed E-state index contributed by atoms with van der Waals surface area (Å²) in [4.78, 5) is 30.1. The van der Waals surface area contributed by atoms with Crippen molar-refractivity contribution in [2.24, 2.45) is 5.73 Å². The molecular formula is C28H28N4O4. The number of benzene rings is 3. The van der Waals surface area contributed by atoms with Gasteiger partial charge in [-0.1, -0.05) is 42.5 Å². The minimum absolute atomic E-state index is 0.0768. The Kier molecular flexibility index (Phi) is 6.49. The van der Waals surface area contributed by atoms with Crippen LogP contribution in [0.1, 0.15) is 17.0 Å². The third-order valence-electron chi connectivity index (χ3n) is 6.53. The number of carbonyl (C=O) groups is 2. The van der Waals surface area contributed by atoms with Crippen molar-refractivity contribution < 1.29 is 19.1 Å². The molecule has 1 aliphatic rings. The number of nitrogens with one attached hydrogen (secondary N) is 2. The molecular weight excluding hydrogens is 456 g/mol. The number of nitrogens with zero attached hydrogens (tertiary/aromatic N) is 1. The fourth-order valence-electron chi connectivity index (χ4n) is 4.68. The standard InChI is InChI=1S/C28H28N4O4/c1-35-19-12-10-18(11-13-19)21(22-15-30-23-7-3-2-6-20(22)23)14-31-27(33)17-32-16-26(28(29)34)36-25-9-5-4-8-24(25)32/h2-13,15,21,26,30H,14,16-17H2,1H3,(H2,29,34)(H,31,33)/t21-,26-/m1/s1. The van der Waals surface area contributed by atoms with E-state index in [0.29, 0.717) is 12.3 Å². The SMILES string of the molecule is COc1ccc([C@@H](CNC(=O)CN2C[C@H](C(N)=O)Oc3ccccc32)c2c[nH]c3ccccc23)cc1. The van der Waals surface area contributed by atoms with Crippen LogP contribution in [-0.2, 0) is 9.59 Å². The molecule has 2 heterocycles. The number of rotatable bonds is 8. The van der Waals surface area contributed by atoms with Crippen molar-refractivity contribution in [3.05, 3.63) is 90.1 Å². The number of primary amides is 1. The Hall–Kier alpha value is -4.46. The summed E-state index contributed by atoms with van der Waals surface area (Å²) in [5.41, 5.74) is 9.46. The number of aromatic amines is 1. The van der Waals surface area contributed by atoms with Crippen molar-refractivity contribution in [3.8, 4) is 11.5 Å². The van der Waals surface area contributed by atoms with Gasteiger partial charge in [0, 0.05) is 29.6 Å². The number of aromatic nitrogens is 1. The van der Waals surface area contributed by atoms with Gasteiger partial charge < -0.3 is 30.4 Å². The zero-order chi connectivity index (χ0) is 25.1. The van der Waals surface area contributed by atoms with Crippen LogP contribution >= 0.6 is 0 Å². The van der Waals surface area contributed by atoms with Crippen molar-refractivity contribution in [1.82, 2.24) is 10.3 Å². The summed E-state index contributed by atoms with van der Waals surface area (Å²) in [5.74, 6) is 0.513. The van der Waals surface area contributed by atoms with Crippen LogP contribution in [0.25, 0.3) is 10.9 Å². The molecule has 184 valence electrons. The molecule has 5 rings (SSSR count). The van der Waals surface area contributed by atoms with Crippen molar-refractivity contribution in [3.63, 3.8) is 0 Å². The molecule has 0 bridgehead atoms. The van der Waals surface area contributed by atoms with Crippen LogP contribution in [0.5, 0.6) is 11.5 Å². The minimum Gasteiger partial charge on any atom is -0.497 e. The van der Waals surface area contributed by atoms with Crippen LogP contribution in [0.2, 0.25) is 0 Å². The van der Waals surface area contributed by atoms with Gasteiger partial charge in [-0.3, -0.25) is 9.59 Å². The minimum atomic E-state index is -0.814. The van der Waals surface area contributed by atoms with Crippen LogP contribution in [0, 0.1) is 0 Å². The molecule has 4 N–H and O–H groups in total. The van der Waals surface area contributed by atoms with Gasteiger partial charge in [0.25, 0.3) is 5.91 Å². The van der Waals surface area contributed by atoms with Crippen molar-refractivity contribution in [2.45, 2.75) is 12.0 Å². The molecule has 0 fully saturated rings. The van der Waals surface area contributed by atoms with Crippen molar-refractivity contribution in [1.29, 1.82) is 0 Å². The van der Waals surface area contributed by atoms with E-state index >= 15 is 0 Å². The number of carbonyl (C=O) groups excluding carboxylic acids is 2. The molecule has 0 saturated heterocycles. The number of nitrogens with two attached hydrogens (primary N) is 1. The number of anilines is 1. The van der Waals surface area contributed by atoms with Gasteiger partial charge in [-0.25, -0.2) is 0 Å². The smallest absolute Gasteiger partial charge is 0.260 e. The Morgan fingerprint density at radius 3 is 2.64 bits per heavy atom. The Morgan fingerprint density at radius 1 is 1.11 bits per heavy atom. The number of H-pyrrole nitrogens is 1. The second-order valence-corrected chi connectivity index (χ2v) is 8.78. The maximum Gasteiger partial charge on any atom is 0.260 e. The van der Waals surface area contributed by atoms with Crippen molar-refractivity contribution in [2.75, 3.05) is 31.6 Å². The normalized spacial score (nSPS) is 15.6. The van der Waals surface area contributed by atoms with Crippen LogP contribution < -0.4 is 25.4 Å². The Morgan fingerprint density at radius 2 is 1.86 bits per heavy atom. The lowest BCUT2D eigenvalue weighted by Gasteiger charge is -2.34. The van der Waals surface area contributed by atoms with E-state index in [1.807, 2.05) is 71.8 Å². The van der Waals surface area contributed by atoms with E-state index in [1.54, 1.807) is 13.2 Å². The van der Waals surface area contributed by atoms with E-state index in [2.05, 4.69) is 16.4 Å². The average Bonchev–Trinajstić information content (AvgIpc) is 3.33. The predicted molar refractivity (Wildman–Crippen MR) is 138 cm³/mol. The summed E-state index contributed by atoms with van der Waals surface area (Å²) in [7, 11) is 1.64. The molecule has 36 heavy (non-hydrogen) atoms. The summed E-state index contributed by atoms with van der Waals surface area (Å²) in [6, 6.07) is 23.3. The number of fused-ring (bicyclic) bond motifs is 2. The van der Waals surface area contributed by atoms with E-state index in [1.165, 1.54) is 0 Å². The molecule has 2 atom stereocenters. The molecule has 0 radical (unpaired) electrons. The number of ether oxygens (including phenoxy) is 2. The monoisotopic (exact) mass is 484 g/mol. The summed E-state index contributed by atoms with van der Waals surface area (Å²) in [5, 5.41) is 4.21. The maximum atomic E-state index is 13.1. The van der Waals surface area contributed by atoms with Crippen LogP contribution in [0.4, 0.5) is 5.69 Å². The summed E-state index contributed by atoms with van der Waals surface area (Å²) in [6.07, 6.45) is 1.19. The molecule has 1 aromatic heterocycles. The van der Waals surface area contributed by atoms with Gasteiger partial charge in [0.05, 0.1) is 25.9 Å². The first-order valence-electron chi connectivity index (χ1n) is 11.8. The number of hydrogen-bond acceptors (Lipinski definition) is 5. The molecule has 8 nitrogen and oxygen atoms in total. The topological polar surface area (TPSA) is 110 Å². The third-order valence-corrected chi connectivity index (χ3v) is 6.53. The van der Waals surface area contributed by atoms with Gasteiger partial charge in [0.2, 0.25) is 5.91 Å². The highest BCUT2D eigenvalue weighted by Gasteiger charge is 2.30. The maximum absolute atomic E-state index is 13.1. The average molecular weight is 485 g/mol. The van der Waals surface area contributed by atoms with Gasteiger partial charge in [0.1, 0.15) is 11.5 Å². The molecule has 2 amide bonds. The first-order chi connectivity index (χ1) is 17.5. The van der Waals surface area contributed by atoms with E-state index in [-0.39, 0.29) is 24.9 Å². The van der Waals surface area contributed by atoms with E-state index in [9.17, 15) is 9.59 Å². The van der Waals surface area contributed by atoms with Gasteiger partial charge >= 0.3 is 0 Å². The Balaban J connectivity index is 1.36. The second kappa shape index (κ2) is 10.0. The Labute approximate surface area is 209 Å². The molecule has 3 aromatic carbocycles. The molecule has 1 aliphatic heterocycles. The molecule has 0 spiro atoms. The molecule has 0 saturated carbocycles. The van der Waals surface area contributed by atoms with E-state index in [0.717, 1.165) is 33.5 Å². The fourth-order valence-corrected chi connectivity index (χ4v) is 4.68. The largest absolute Gasteiger partial charge is 0.497 e. The van der Waals surface area contributed by atoms with Gasteiger partial charge in [-0.05, 0) is 41.5 Å². The lowest BCUT2D eigenvalue weighted by molar-refractivity contribution is -0.125. The predicted octanol–water partition coefficient (Wildman–Crippen LogP) is 3.18. The Bertz CT molecular complexity index is 1380. The van der Waals surface area contributed by atoms with Crippen LogP contribution in [0.15, 0.2) is 79.0 Å². The number of amides is 2. The molecule has 8 heteroatoms. The first-order valence-corrected chi connectivity index (χ1v) is 11.8. The third kappa shape index (κ3) is 4.70. The lowest BCUT2D eigenvalue weighted by Crippen LogP contribution is -2.50. The quantitative estimate of drug-likeness (QED) is 0.356. The highest BCUT2D eigenvalue weighted by atomic mass is 16.5. The van der Waals surface area contributed by atoms with Gasteiger partial charge in [-0.2, -0.15) is 0 Å². The van der Waals surface area contributed by atoms with E-state index < -0.39 is 12.0 Å². The zero-order valence-corrected chi connectivity index (χ0v) is 19.9. The summed E-state index contributed by atoms with van der Waals surface area (Å²) < 4.78 is 11.0. The van der Waals surface area contributed by atoms with Crippen molar-refractivity contribution >= 4 is 28.4 Å². The summed E-state index contributed by atoms with van der Waals surface area (Å²) in [6.45, 7) is 0.690. The first kappa shape index (κ1) is 23.3. The lowest BCUT2D eigenvalue weighted by atomic mass is 9.90. The van der Waals surface area contributed by atoms with Crippen LogP contribution in [-0.4, -0.2) is 49.6 Å². The van der Waals surface area contributed by atoms with E-state index in [4.69, 9.17) is 15.2 Å². The fraction of sp³-hybridized carbons (Fsp3) is 0.214. The van der Waals surface area contributed by atoms with Gasteiger partial charge in [0.15, 0.2) is 6.10 Å². The second-order valence-electron chi connectivity index (χ2n) is 8.78. The number of para-hydroxylation sites is 3. The number of methoxy groups -OCH3 is 1. The molecule has 4 aromatic rings. The number of hydrogen-bond donors (Lipinski definition) is 3. The summed E-state index contributed by atoms with van der Waals surface area (Å²) >= 11 is 0.